The number of benzene rings is 1. The first-order valence-electron chi connectivity index (χ1n) is 5.19. The smallest absolute Gasteiger partial charge is 0.251 e. The van der Waals surface area contributed by atoms with Crippen LogP contribution in [0.5, 0.6) is 5.75 Å². The van der Waals surface area contributed by atoms with Crippen LogP contribution in [0.2, 0.25) is 0 Å². The fourth-order valence-corrected chi connectivity index (χ4v) is 1.39. The average Bonchev–Trinajstić information content (AvgIpc) is 2.30. The summed E-state index contributed by atoms with van der Waals surface area (Å²) in [4.78, 5) is 15.4. The van der Waals surface area contributed by atoms with E-state index in [0.717, 1.165) is 0 Å². The van der Waals surface area contributed by atoms with Crippen molar-refractivity contribution in [3.05, 3.63) is 23.8 Å². The quantitative estimate of drug-likeness (QED) is 0.660. The highest BCUT2D eigenvalue weighted by Gasteiger charge is 2.09. The number of thiocarbonyl (C=S) groups is 1. The van der Waals surface area contributed by atoms with Gasteiger partial charge in [0.15, 0.2) is 0 Å². The van der Waals surface area contributed by atoms with Crippen LogP contribution in [-0.2, 0) is 0 Å². The van der Waals surface area contributed by atoms with Crippen molar-refractivity contribution < 1.29 is 9.53 Å². The summed E-state index contributed by atoms with van der Waals surface area (Å²) in [5.74, 6) is 0.409. The number of nitrogens with zero attached hydrogens (tertiary/aromatic N) is 1. The number of carbonyl (C=O) groups excluding carboxylic acids is 1. The van der Waals surface area contributed by atoms with Gasteiger partial charge in [-0.1, -0.05) is 0 Å². The summed E-state index contributed by atoms with van der Waals surface area (Å²) in [6, 6.07) is 5.00. The molecule has 0 atom stereocenters. The lowest BCUT2D eigenvalue weighted by Gasteiger charge is -2.12. The zero-order valence-electron chi connectivity index (χ0n) is 9.98. The lowest BCUT2D eigenvalue weighted by Crippen LogP contribution is -2.17. The number of ether oxygens (including phenoxy) is 1. The van der Waals surface area contributed by atoms with Crippen molar-refractivity contribution >= 4 is 29.0 Å². The summed E-state index contributed by atoms with van der Waals surface area (Å²) in [7, 11) is 1.57. The Bertz CT molecular complexity index is 466. The SMILES string of the molecule is CNC(=O)c1ccc(OC(C)C)c(N=C=S)c1. The van der Waals surface area contributed by atoms with Crippen molar-refractivity contribution in [1.82, 2.24) is 5.32 Å². The molecule has 1 aromatic carbocycles. The number of aliphatic imine (C=N–C) groups is 1. The highest BCUT2D eigenvalue weighted by atomic mass is 32.1. The van der Waals surface area contributed by atoms with Crippen molar-refractivity contribution in [2.45, 2.75) is 20.0 Å². The molecule has 0 radical (unpaired) electrons. The van der Waals surface area contributed by atoms with Crippen LogP contribution >= 0.6 is 12.2 Å². The van der Waals surface area contributed by atoms with Gasteiger partial charge in [-0.15, -0.1) is 0 Å². The van der Waals surface area contributed by atoms with Crippen molar-refractivity contribution in [3.8, 4) is 5.75 Å². The number of carbonyl (C=O) groups is 1. The van der Waals surface area contributed by atoms with E-state index in [1.54, 1.807) is 25.2 Å². The summed E-state index contributed by atoms with van der Waals surface area (Å²) < 4.78 is 5.55. The number of hydrogen-bond donors (Lipinski definition) is 1. The summed E-state index contributed by atoms with van der Waals surface area (Å²) >= 11 is 4.57. The molecule has 1 amide bonds. The third kappa shape index (κ3) is 3.66. The lowest BCUT2D eigenvalue weighted by atomic mass is 10.1. The van der Waals surface area contributed by atoms with Crippen LogP contribution in [0.1, 0.15) is 24.2 Å². The summed E-state index contributed by atoms with van der Waals surface area (Å²) in [6.45, 7) is 3.83. The molecule has 0 saturated carbocycles. The fourth-order valence-electron chi connectivity index (χ4n) is 1.29. The largest absolute Gasteiger partial charge is 0.489 e. The van der Waals surface area contributed by atoms with E-state index in [2.05, 4.69) is 27.7 Å². The van der Waals surface area contributed by atoms with Crippen molar-refractivity contribution in [2.24, 2.45) is 4.99 Å². The second-order valence-corrected chi connectivity index (χ2v) is 3.81. The van der Waals surface area contributed by atoms with Crippen LogP contribution in [-0.4, -0.2) is 24.2 Å². The van der Waals surface area contributed by atoms with Gasteiger partial charge in [0.25, 0.3) is 5.91 Å². The zero-order valence-corrected chi connectivity index (χ0v) is 10.8. The molecule has 0 aliphatic rings. The molecule has 4 nitrogen and oxygen atoms in total. The van der Waals surface area contributed by atoms with E-state index in [1.807, 2.05) is 13.8 Å². The van der Waals surface area contributed by atoms with Crippen LogP contribution in [0.3, 0.4) is 0 Å². The van der Waals surface area contributed by atoms with Crippen LogP contribution in [0, 0.1) is 0 Å². The maximum absolute atomic E-state index is 11.5. The first-order chi connectivity index (χ1) is 8.08. The molecule has 0 heterocycles. The number of rotatable bonds is 4. The van der Waals surface area contributed by atoms with E-state index in [-0.39, 0.29) is 12.0 Å². The lowest BCUT2D eigenvalue weighted by molar-refractivity contribution is 0.0963. The number of nitrogens with one attached hydrogen (secondary N) is 1. The minimum absolute atomic E-state index is 0.0277. The molecule has 0 aromatic heterocycles. The molecule has 0 fully saturated rings. The van der Waals surface area contributed by atoms with E-state index in [9.17, 15) is 4.79 Å². The van der Waals surface area contributed by atoms with Crippen molar-refractivity contribution in [3.63, 3.8) is 0 Å². The molecule has 90 valence electrons. The fraction of sp³-hybridized carbons (Fsp3) is 0.333. The predicted molar refractivity (Wildman–Crippen MR) is 70.3 cm³/mol. The Labute approximate surface area is 106 Å². The zero-order chi connectivity index (χ0) is 12.8. The standard InChI is InChI=1S/C12H14N2O2S/c1-8(2)16-11-5-4-9(12(15)13-3)6-10(11)14-7-17/h4-6,8H,1-3H3,(H,13,15). The van der Waals surface area contributed by atoms with Crippen LogP contribution < -0.4 is 10.1 Å². The first kappa shape index (κ1) is 13.4. The molecule has 1 N–H and O–H groups in total. The first-order valence-corrected chi connectivity index (χ1v) is 5.60. The average molecular weight is 250 g/mol. The Morgan fingerprint density at radius 3 is 2.76 bits per heavy atom. The Morgan fingerprint density at radius 2 is 2.24 bits per heavy atom. The van der Waals surface area contributed by atoms with Crippen LogP contribution in [0.4, 0.5) is 5.69 Å². The minimum Gasteiger partial charge on any atom is -0.489 e. The Kier molecular flexibility index (Phi) is 4.82. The van der Waals surface area contributed by atoms with Crippen LogP contribution in [0.25, 0.3) is 0 Å². The second-order valence-electron chi connectivity index (χ2n) is 3.63. The van der Waals surface area contributed by atoms with E-state index in [4.69, 9.17) is 4.74 Å². The molecule has 1 rings (SSSR count). The maximum Gasteiger partial charge on any atom is 0.251 e. The molecule has 0 spiro atoms. The van der Waals surface area contributed by atoms with Crippen molar-refractivity contribution in [1.29, 1.82) is 0 Å². The third-order valence-corrected chi connectivity index (χ3v) is 2.07. The normalized spacial score (nSPS) is 9.65. The topological polar surface area (TPSA) is 50.7 Å². The molecule has 0 saturated heterocycles. The van der Waals surface area contributed by atoms with Gasteiger partial charge in [0, 0.05) is 12.6 Å². The van der Waals surface area contributed by atoms with Gasteiger partial charge in [-0.05, 0) is 44.3 Å². The molecule has 1 aromatic rings. The Hall–Kier alpha value is -1.71. The third-order valence-electron chi connectivity index (χ3n) is 1.98. The minimum atomic E-state index is -0.179. The molecule has 0 bridgehead atoms. The van der Waals surface area contributed by atoms with Gasteiger partial charge >= 0.3 is 0 Å². The van der Waals surface area contributed by atoms with Gasteiger partial charge in [0.2, 0.25) is 0 Å². The summed E-state index contributed by atoms with van der Waals surface area (Å²) in [5, 5.41) is 4.82. The van der Waals surface area contributed by atoms with Gasteiger partial charge in [0.1, 0.15) is 11.4 Å². The van der Waals surface area contributed by atoms with Gasteiger partial charge in [-0.3, -0.25) is 4.79 Å². The Morgan fingerprint density at radius 1 is 1.53 bits per heavy atom. The molecule has 0 aliphatic carbocycles. The maximum atomic E-state index is 11.5. The molecule has 17 heavy (non-hydrogen) atoms. The van der Waals surface area contributed by atoms with E-state index in [0.29, 0.717) is 17.0 Å². The Balaban J connectivity index is 3.16. The number of hydrogen-bond acceptors (Lipinski definition) is 4. The molecular formula is C12H14N2O2S. The highest BCUT2D eigenvalue weighted by Crippen LogP contribution is 2.29. The molecular weight excluding hydrogens is 236 g/mol. The predicted octanol–water partition coefficient (Wildman–Crippen LogP) is 2.57. The van der Waals surface area contributed by atoms with E-state index < -0.39 is 0 Å². The van der Waals surface area contributed by atoms with Gasteiger partial charge < -0.3 is 10.1 Å². The molecule has 0 aliphatic heterocycles. The summed E-state index contributed by atoms with van der Waals surface area (Å²) in [6.07, 6.45) is 0.0277. The molecule has 5 heteroatoms. The van der Waals surface area contributed by atoms with E-state index in [1.165, 1.54) is 0 Å². The van der Waals surface area contributed by atoms with Gasteiger partial charge in [-0.25, -0.2) is 0 Å². The summed E-state index contributed by atoms with van der Waals surface area (Å²) in [5.41, 5.74) is 1.02. The van der Waals surface area contributed by atoms with E-state index >= 15 is 0 Å². The number of amides is 1. The molecule has 0 unspecified atom stereocenters. The number of isothiocyanates is 1. The van der Waals surface area contributed by atoms with Crippen molar-refractivity contribution in [2.75, 3.05) is 7.05 Å². The highest BCUT2D eigenvalue weighted by molar-refractivity contribution is 7.78. The van der Waals surface area contributed by atoms with Crippen LogP contribution in [0.15, 0.2) is 23.2 Å². The van der Waals surface area contributed by atoms with Gasteiger partial charge in [0.05, 0.1) is 11.3 Å². The van der Waals surface area contributed by atoms with Gasteiger partial charge in [-0.2, -0.15) is 4.99 Å². The second kappa shape index (κ2) is 6.13. The monoisotopic (exact) mass is 250 g/mol.